The van der Waals surface area contributed by atoms with Crippen molar-refractivity contribution in [2.45, 2.75) is 5.16 Å². The number of benzene rings is 3. The maximum atomic E-state index is 13.2. The number of fused-ring (bicyclic) bond motifs is 1. The normalized spacial score (nSPS) is 10.9. The summed E-state index contributed by atoms with van der Waals surface area (Å²) in [7, 11) is 0. The lowest BCUT2D eigenvalue weighted by Crippen LogP contribution is -2.22. The molecule has 3 aromatic carbocycles. The van der Waals surface area contributed by atoms with Gasteiger partial charge in [0.05, 0.1) is 22.3 Å². The van der Waals surface area contributed by atoms with Gasteiger partial charge in [-0.3, -0.25) is 14.2 Å². The Hall–Kier alpha value is -2.89. The minimum Gasteiger partial charge on any atom is -0.293 e. The van der Waals surface area contributed by atoms with Gasteiger partial charge in [0, 0.05) is 10.6 Å². The quantitative estimate of drug-likeness (QED) is 0.265. The van der Waals surface area contributed by atoms with E-state index in [2.05, 4.69) is 4.98 Å². The molecule has 138 valence electrons. The highest BCUT2D eigenvalue weighted by Gasteiger charge is 2.15. The van der Waals surface area contributed by atoms with Crippen molar-refractivity contribution in [1.82, 2.24) is 9.55 Å². The van der Waals surface area contributed by atoms with Crippen LogP contribution in [0.15, 0.2) is 88.8 Å². The Bertz CT molecular complexity index is 1210. The van der Waals surface area contributed by atoms with Crippen molar-refractivity contribution in [2.75, 3.05) is 5.75 Å². The number of hydrogen-bond acceptors (Lipinski definition) is 4. The highest BCUT2D eigenvalue weighted by molar-refractivity contribution is 7.99. The van der Waals surface area contributed by atoms with E-state index in [1.54, 1.807) is 30.3 Å². The van der Waals surface area contributed by atoms with Crippen LogP contribution in [-0.4, -0.2) is 21.1 Å². The Balaban J connectivity index is 1.79. The highest BCUT2D eigenvalue weighted by Crippen LogP contribution is 2.23. The zero-order chi connectivity index (χ0) is 19.5. The van der Waals surface area contributed by atoms with Crippen molar-refractivity contribution < 1.29 is 4.79 Å². The lowest BCUT2D eigenvalue weighted by Gasteiger charge is -2.13. The average Bonchev–Trinajstić information content (AvgIpc) is 2.74. The van der Waals surface area contributed by atoms with Crippen LogP contribution in [0.3, 0.4) is 0 Å². The Labute approximate surface area is 170 Å². The summed E-state index contributed by atoms with van der Waals surface area (Å²) in [5, 5.41) is 1.39. The molecule has 0 aliphatic heterocycles. The van der Waals surface area contributed by atoms with E-state index in [1.807, 2.05) is 48.5 Å². The first kappa shape index (κ1) is 18.5. The van der Waals surface area contributed by atoms with Gasteiger partial charge in [-0.15, -0.1) is 0 Å². The van der Waals surface area contributed by atoms with Gasteiger partial charge in [0.15, 0.2) is 10.9 Å². The van der Waals surface area contributed by atoms with Crippen LogP contribution >= 0.6 is 23.4 Å². The first-order chi connectivity index (χ1) is 13.6. The molecule has 4 rings (SSSR count). The van der Waals surface area contributed by atoms with Gasteiger partial charge in [-0.1, -0.05) is 71.9 Å². The fourth-order valence-electron chi connectivity index (χ4n) is 2.88. The Morgan fingerprint density at radius 1 is 0.964 bits per heavy atom. The molecule has 1 heterocycles. The summed E-state index contributed by atoms with van der Waals surface area (Å²) in [5.74, 6) is 0.165. The van der Waals surface area contributed by atoms with Crippen LogP contribution in [0.4, 0.5) is 0 Å². The number of hydrogen-bond donors (Lipinski definition) is 0. The van der Waals surface area contributed by atoms with Crippen LogP contribution in [-0.2, 0) is 0 Å². The van der Waals surface area contributed by atoms with Crippen molar-refractivity contribution >= 4 is 40.0 Å². The number of ketones is 1. The van der Waals surface area contributed by atoms with Gasteiger partial charge in [0.2, 0.25) is 0 Å². The summed E-state index contributed by atoms with van der Waals surface area (Å²) < 4.78 is 1.53. The van der Waals surface area contributed by atoms with E-state index in [-0.39, 0.29) is 17.1 Å². The highest BCUT2D eigenvalue weighted by atomic mass is 35.5. The lowest BCUT2D eigenvalue weighted by molar-refractivity contribution is 0.102. The Morgan fingerprint density at radius 2 is 1.64 bits per heavy atom. The largest absolute Gasteiger partial charge is 0.293 e. The molecule has 0 saturated heterocycles. The third kappa shape index (κ3) is 3.72. The van der Waals surface area contributed by atoms with Gasteiger partial charge < -0.3 is 0 Å². The van der Waals surface area contributed by atoms with E-state index < -0.39 is 0 Å². The number of halogens is 1. The molecule has 4 nitrogen and oxygen atoms in total. The lowest BCUT2D eigenvalue weighted by atomic mass is 10.2. The summed E-state index contributed by atoms with van der Waals surface area (Å²) in [6, 6.07) is 23.4. The van der Waals surface area contributed by atoms with Gasteiger partial charge in [-0.05, 0) is 30.3 Å². The molecule has 0 spiro atoms. The molecule has 0 unspecified atom stereocenters. The third-order valence-electron chi connectivity index (χ3n) is 4.24. The van der Waals surface area contributed by atoms with E-state index in [9.17, 15) is 9.59 Å². The molecule has 28 heavy (non-hydrogen) atoms. The number of nitrogens with zero attached hydrogens (tertiary/aromatic N) is 2. The van der Waals surface area contributed by atoms with Crippen molar-refractivity contribution in [3.63, 3.8) is 0 Å². The topological polar surface area (TPSA) is 52.0 Å². The van der Waals surface area contributed by atoms with Crippen LogP contribution in [0, 0.1) is 0 Å². The molecule has 1 aromatic heterocycles. The second kappa shape index (κ2) is 8.00. The van der Waals surface area contributed by atoms with Crippen molar-refractivity contribution in [1.29, 1.82) is 0 Å². The molecule has 0 atom stereocenters. The molecule has 0 bridgehead atoms. The second-order valence-electron chi connectivity index (χ2n) is 6.11. The van der Waals surface area contributed by atoms with Crippen LogP contribution in [0.25, 0.3) is 16.6 Å². The number of para-hydroxylation sites is 1. The summed E-state index contributed by atoms with van der Waals surface area (Å²) in [6.45, 7) is 0. The molecule has 6 heteroatoms. The number of thioether (sulfide) groups is 1. The molecule has 4 aromatic rings. The number of carbonyl (C=O) groups excluding carboxylic acids is 1. The minimum absolute atomic E-state index is 0.0179. The minimum atomic E-state index is -0.214. The summed E-state index contributed by atoms with van der Waals surface area (Å²) in [5.41, 5.74) is 1.66. The predicted molar refractivity (Wildman–Crippen MR) is 114 cm³/mol. The van der Waals surface area contributed by atoms with E-state index in [0.717, 1.165) is 0 Å². The second-order valence-corrected chi connectivity index (χ2v) is 7.49. The molecular weight excluding hydrogens is 392 g/mol. The predicted octanol–water partition coefficient (Wildman–Crippen LogP) is 5.01. The average molecular weight is 407 g/mol. The Morgan fingerprint density at radius 3 is 2.36 bits per heavy atom. The summed E-state index contributed by atoms with van der Waals surface area (Å²) in [6.07, 6.45) is 0. The van der Waals surface area contributed by atoms with Crippen molar-refractivity contribution in [3.8, 4) is 5.69 Å². The Kier molecular flexibility index (Phi) is 5.28. The summed E-state index contributed by atoms with van der Waals surface area (Å²) >= 11 is 7.32. The standard InChI is InChI=1S/C22H15ClN2O2S/c23-16-11-12-19-18(13-16)21(27)25(17-9-5-2-6-10-17)22(24-19)28-14-20(26)15-7-3-1-4-8-15/h1-13H,14H2. The van der Waals surface area contributed by atoms with E-state index in [0.29, 0.717) is 32.3 Å². The van der Waals surface area contributed by atoms with Crippen LogP contribution < -0.4 is 5.56 Å². The fraction of sp³-hybridized carbons (Fsp3) is 0.0455. The molecule has 0 saturated carbocycles. The first-order valence-corrected chi connectivity index (χ1v) is 9.98. The van der Waals surface area contributed by atoms with Gasteiger partial charge >= 0.3 is 0 Å². The first-order valence-electron chi connectivity index (χ1n) is 8.62. The molecular formula is C22H15ClN2O2S. The van der Waals surface area contributed by atoms with Gasteiger partial charge in [0.25, 0.3) is 5.56 Å². The van der Waals surface area contributed by atoms with Crippen molar-refractivity contribution in [3.05, 3.63) is 99.8 Å². The number of Topliss-reactive ketones (excluding diaryl/α,β-unsaturated/α-hetero) is 1. The smallest absolute Gasteiger partial charge is 0.266 e. The zero-order valence-electron chi connectivity index (χ0n) is 14.7. The maximum Gasteiger partial charge on any atom is 0.266 e. The molecule has 0 amide bonds. The van der Waals surface area contributed by atoms with Crippen molar-refractivity contribution in [2.24, 2.45) is 0 Å². The number of carbonyl (C=O) groups is 1. The van der Waals surface area contributed by atoms with Gasteiger partial charge in [-0.25, -0.2) is 4.98 Å². The van der Waals surface area contributed by atoms with E-state index in [4.69, 9.17) is 11.6 Å². The van der Waals surface area contributed by atoms with Crippen LogP contribution in [0.5, 0.6) is 0 Å². The monoisotopic (exact) mass is 406 g/mol. The number of rotatable bonds is 5. The fourth-order valence-corrected chi connectivity index (χ4v) is 3.96. The van der Waals surface area contributed by atoms with Gasteiger partial charge in [0.1, 0.15) is 0 Å². The maximum absolute atomic E-state index is 13.2. The SMILES string of the molecule is O=C(CSc1nc2ccc(Cl)cc2c(=O)n1-c1ccccc1)c1ccccc1. The zero-order valence-corrected chi connectivity index (χ0v) is 16.3. The third-order valence-corrected chi connectivity index (χ3v) is 5.42. The summed E-state index contributed by atoms with van der Waals surface area (Å²) in [4.78, 5) is 30.3. The van der Waals surface area contributed by atoms with Crippen LogP contribution in [0.1, 0.15) is 10.4 Å². The van der Waals surface area contributed by atoms with Crippen LogP contribution in [0.2, 0.25) is 5.02 Å². The molecule has 0 aliphatic rings. The molecule has 0 aliphatic carbocycles. The molecule has 0 N–H and O–H groups in total. The van der Waals surface area contributed by atoms with Gasteiger partial charge in [-0.2, -0.15) is 0 Å². The molecule has 0 fully saturated rings. The number of aromatic nitrogens is 2. The molecule has 0 radical (unpaired) electrons. The van der Waals surface area contributed by atoms with E-state index in [1.165, 1.54) is 16.3 Å². The van der Waals surface area contributed by atoms with E-state index >= 15 is 0 Å².